The maximum Gasteiger partial charge on any atom is 0.220 e. The van der Waals surface area contributed by atoms with Gasteiger partial charge in [-0.25, -0.2) is 0 Å². The van der Waals surface area contributed by atoms with Gasteiger partial charge in [-0.15, -0.1) is 0 Å². The van der Waals surface area contributed by atoms with E-state index in [2.05, 4.69) is 10.6 Å². The predicted octanol–water partition coefficient (Wildman–Crippen LogP) is -0.408. The molecule has 0 saturated carbocycles. The Labute approximate surface area is 84.6 Å². The molecule has 2 fully saturated rings. The summed E-state index contributed by atoms with van der Waals surface area (Å²) in [6.07, 6.45) is 3.82. The van der Waals surface area contributed by atoms with Gasteiger partial charge in [0.15, 0.2) is 0 Å². The summed E-state index contributed by atoms with van der Waals surface area (Å²) in [5.41, 5.74) is 6.03. The SMILES string of the molecule is NC1CCC(=O)NC1C1CCCNC1. The van der Waals surface area contributed by atoms with Crippen LogP contribution < -0.4 is 16.4 Å². The van der Waals surface area contributed by atoms with Gasteiger partial charge in [0.05, 0.1) is 0 Å². The number of amides is 1. The molecule has 0 aromatic rings. The summed E-state index contributed by atoms with van der Waals surface area (Å²) >= 11 is 0. The van der Waals surface area contributed by atoms with Crippen molar-refractivity contribution in [3.05, 3.63) is 0 Å². The normalized spacial score (nSPS) is 39.2. The van der Waals surface area contributed by atoms with Crippen molar-refractivity contribution in [1.82, 2.24) is 10.6 Å². The van der Waals surface area contributed by atoms with E-state index in [9.17, 15) is 4.79 Å². The first kappa shape index (κ1) is 9.93. The highest BCUT2D eigenvalue weighted by Gasteiger charge is 2.32. The van der Waals surface area contributed by atoms with Crippen molar-refractivity contribution in [2.24, 2.45) is 11.7 Å². The maximum absolute atomic E-state index is 11.3. The molecule has 2 aliphatic heterocycles. The third-order valence-corrected chi connectivity index (χ3v) is 3.34. The van der Waals surface area contributed by atoms with Gasteiger partial charge >= 0.3 is 0 Å². The molecule has 1 amide bonds. The molecule has 0 bridgehead atoms. The van der Waals surface area contributed by atoms with Gasteiger partial charge in [0, 0.05) is 18.5 Å². The summed E-state index contributed by atoms with van der Waals surface area (Å²) in [6.45, 7) is 2.10. The number of nitrogens with one attached hydrogen (secondary N) is 2. The Hall–Kier alpha value is -0.610. The molecular formula is C10H19N3O. The molecule has 3 atom stereocenters. The molecule has 0 radical (unpaired) electrons. The molecule has 0 aromatic heterocycles. The van der Waals surface area contributed by atoms with Crippen molar-refractivity contribution in [2.75, 3.05) is 13.1 Å². The minimum atomic E-state index is 0.151. The number of hydrogen-bond donors (Lipinski definition) is 3. The van der Waals surface area contributed by atoms with Gasteiger partial charge in [-0.05, 0) is 38.3 Å². The maximum atomic E-state index is 11.3. The lowest BCUT2D eigenvalue weighted by Gasteiger charge is -2.37. The third-order valence-electron chi connectivity index (χ3n) is 3.34. The second kappa shape index (κ2) is 4.28. The van der Waals surface area contributed by atoms with Crippen LogP contribution in [0.4, 0.5) is 0 Å². The van der Waals surface area contributed by atoms with Crippen molar-refractivity contribution in [1.29, 1.82) is 0 Å². The van der Waals surface area contributed by atoms with Crippen LogP contribution in [-0.2, 0) is 4.79 Å². The number of nitrogens with two attached hydrogens (primary N) is 1. The largest absolute Gasteiger partial charge is 0.351 e. The third kappa shape index (κ3) is 2.07. The number of carbonyl (C=O) groups excluding carboxylic acids is 1. The summed E-state index contributed by atoms with van der Waals surface area (Å²) < 4.78 is 0. The second-order valence-corrected chi connectivity index (χ2v) is 4.40. The number of rotatable bonds is 1. The Morgan fingerprint density at radius 1 is 1.36 bits per heavy atom. The van der Waals surface area contributed by atoms with Gasteiger partial charge in [-0.2, -0.15) is 0 Å². The van der Waals surface area contributed by atoms with E-state index in [0.29, 0.717) is 12.3 Å². The molecule has 0 aliphatic carbocycles. The lowest BCUT2D eigenvalue weighted by molar-refractivity contribution is -0.124. The molecule has 2 heterocycles. The first-order valence-corrected chi connectivity index (χ1v) is 5.53. The van der Waals surface area contributed by atoms with Crippen molar-refractivity contribution in [3.8, 4) is 0 Å². The predicted molar refractivity (Wildman–Crippen MR) is 54.7 cm³/mol. The summed E-state index contributed by atoms with van der Waals surface area (Å²) in [4.78, 5) is 11.3. The average molecular weight is 197 g/mol. The summed E-state index contributed by atoms with van der Waals surface area (Å²) in [5.74, 6) is 0.699. The molecule has 80 valence electrons. The Balaban J connectivity index is 1.95. The fourth-order valence-corrected chi connectivity index (χ4v) is 2.50. The Bertz CT molecular complexity index is 213. The van der Waals surface area contributed by atoms with E-state index < -0.39 is 0 Å². The minimum Gasteiger partial charge on any atom is -0.351 e. The Morgan fingerprint density at radius 3 is 2.93 bits per heavy atom. The lowest BCUT2D eigenvalue weighted by Crippen LogP contribution is -2.58. The van der Waals surface area contributed by atoms with Crippen LogP contribution in [0.5, 0.6) is 0 Å². The summed E-state index contributed by atoms with van der Waals surface area (Å²) in [6, 6.07) is 0.349. The Kier molecular flexibility index (Phi) is 3.03. The molecule has 0 spiro atoms. The monoisotopic (exact) mass is 197 g/mol. The highest BCUT2D eigenvalue weighted by atomic mass is 16.1. The van der Waals surface area contributed by atoms with E-state index in [0.717, 1.165) is 19.5 Å². The van der Waals surface area contributed by atoms with Crippen LogP contribution in [0, 0.1) is 5.92 Å². The van der Waals surface area contributed by atoms with Gasteiger partial charge in [-0.1, -0.05) is 0 Å². The van der Waals surface area contributed by atoms with E-state index in [1.807, 2.05) is 0 Å². The van der Waals surface area contributed by atoms with Gasteiger partial charge in [0.2, 0.25) is 5.91 Å². The van der Waals surface area contributed by atoms with Crippen molar-refractivity contribution in [3.63, 3.8) is 0 Å². The number of carbonyl (C=O) groups is 1. The van der Waals surface area contributed by atoms with Crippen molar-refractivity contribution >= 4 is 5.91 Å². The molecule has 4 heteroatoms. The van der Waals surface area contributed by atoms with E-state index in [4.69, 9.17) is 5.73 Å². The van der Waals surface area contributed by atoms with Crippen molar-refractivity contribution < 1.29 is 4.79 Å². The van der Waals surface area contributed by atoms with Crippen LogP contribution in [0.1, 0.15) is 25.7 Å². The highest BCUT2D eigenvalue weighted by molar-refractivity contribution is 5.77. The molecule has 3 unspecified atom stereocenters. The van der Waals surface area contributed by atoms with E-state index >= 15 is 0 Å². The highest BCUT2D eigenvalue weighted by Crippen LogP contribution is 2.20. The summed E-state index contributed by atoms with van der Waals surface area (Å²) in [7, 11) is 0. The van der Waals surface area contributed by atoms with E-state index in [1.54, 1.807) is 0 Å². The molecule has 2 rings (SSSR count). The van der Waals surface area contributed by atoms with Crippen LogP contribution in [0.3, 0.4) is 0 Å². The van der Waals surface area contributed by atoms with Crippen molar-refractivity contribution in [2.45, 2.75) is 37.8 Å². The summed E-state index contributed by atoms with van der Waals surface area (Å²) in [5, 5.41) is 6.39. The molecule has 2 aliphatic rings. The Morgan fingerprint density at radius 2 is 2.21 bits per heavy atom. The van der Waals surface area contributed by atoms with Gasteiger partial charge in [0.25, 0.3) is 0 Å². The topological polar surface area (TPSA) is 67.2 Å². The molecule has 0 aromatic carbocycles. The van der Waals surface area contributed by atoms with Crippen LogP contribution in [0.2, 0.25) is 0 Å². The second-order valence-electron chi connectivity index (χ2n) is 4.40. The first-order chi connectivity index (χ1) is 6.77. The quantitative estimate of drug-likeness (QED) is 0.535. The van der Waals surface area contributed by atoms with E-state index in [1.165, 1.54) is 12.8 Å². The fourth-order valence-electron chi connectivity index (χ4n) is 2.50. The van der Waals surface area contributed by atoms with Gasteiger partial charge in [0.1, 0.15) is 0 Å². The number of hydrogen-bond acceptors (Lipinski definition) is 3. The van der Waals surface area contributed by atoms with E-state index in [-0.39, 0.29) is 18.0 Å². The lowest BCUT2D eigenvalue weighted by atomic mass is 9.84. The molecule has 4 N–H and O–H groups in total. The van der Waals surface area contributed by atoms with Gasteiger partial charge in [-0.3, -0.25) is 4.79 Å². The molecular weight excluding hydrogens is 178 g/mol. The van der Waals surface area contributed by atoms with Crippen LogP contribution in [-0.4, -0.2) is 31.1 Å². The molecule has 4 nitrogen and oxygen atoms in total. The zero-order chi connectivity index (χ0) is 9.97. The zero-order valence-electron chi connectivity index (χ0n) is 8.46. The average Bonchev–Trinajstić information content (AvgIpc) is 2.23. The number of piperidine rings is 2. The fraction of sp³-hybridized carbons (Fsp3) is 0.900. The molecule has 2 saturated heterocycles. The zero-order valence-corrected chi connectivity index (χ0v) is 8.46. The smallest absolute Gasteiger partial charge is 0.220 e. The molecule has 14 heavy (non-hydrogen) atoms. The first-order valence-electron chi connectivity index (χ1n) is 5.53. The van der Waals surface area contributed by atoms with Crippen LogP contribution >= 0.6 is 0 Å². The van der Waals surface area contributed by atoms with Crippen LogP contribution in [0.15, 0.2) is 0 Å². The minimum absolute atomic E-state index is 0.151. The standard InChI is InChI=1S/C10H19N3O/c11-8-3-4-9(14)13-10(8)7-2-1-5-12-6-7/h7-8,10,12H,1-6,11H2,(H,13,14). The van der Waals surface area contributed by atoms with Crippen LogP contribution in [0.25, 0.3) is 0 Å². The van der Waals surface area contributed by atoms with Gasteiger partial charge < -0.3 is 16.4 Å².